The Morgan fingerprint density at radius 1 is 1.19 bits per heavy atom. The van der Waals surface area contributed by atoms with E-state index in [0.717, 1.165) is 25.9 Å². The van der Waals surface area contributed by atoms with Crippen LogP contribution in [-0.2, 0) is 14.3 Å². The molecule has 2 aromatic rings. The summed E-state index contributed by atoms with van der Waals surface area (Å²) in [5.74, 6) is 0.934. The van der Waals surface area contributed by atoms with Crippen LogP contribution in [0.5, 0.6) is 0 Å². The molecule has 0 aliphatic carbocycles. The quantitative estimate of drug-likeness (QED) is 0.347. The molecule has 43 heavy (non-hydrogen) atoms. The molecule has 2 fully saturated rings. The number of hydrogen-bond donors (Lipinski definition) is 2. The maximum Gasteiger partial charge on any atom is 0.272 e. The summed E-state index contributed by atoms with van der Waals surface area (Å²) >= 11 is 12.4. The summed E-state index contributed by atoms with van der Waals surface area (Å²) in [5, 5.41) is 7.95. The van der Waals surface area contributed by atoms with E-state index in [2.05, 4.69) is 10.6 Å². The minimum Gasteiger partial charge on any atom is -0.379 e. The van der Waals surface area contributed by atoms with Crippen LogP contribution < -0.4 is 10.6 Å². The van der Waals surface area contributed by atoms with E-state index in [0.29, 0.717) is 83.9 Å². The Bertz CT molecular complexity index is 1270. The van der Waals surface area contributed by atoms with Gasteiger partial charge in [-0.2, -0.15) is 0 Å². The van der Waals surface area contributed by atoms with Crippen LogP contribution in [0.1, 0.15) is 74.2 Å². The highest BCUT2D eigenvalue weighted by atomic mass is 35.5. The number of likely N-dealkylation sites (tertiary alicyclic amines) is 1. The Balaban J connectivity index is 1.53. The molecule has 12 heteroatoms. The average molecular weight is 636 g/mol. The van der Waals surface area contributed by atoms with Crippen molar-refractivity contribution in [2.75, 3.05) is 51.8 Å². The lowest BCUT2D eigenvalue weighted by Crippen LogP contribution is -2.54. The van der Waals surface area contributed by atoms with E-state index >= 15 is 0 Å². The number of carbonyl (C=O) groups is 2. The first-order valence-corrected chi connectivity index (χ1v) is 15.9. The minimum absolute atomic E-state index is 0.0322. The van der Waals surface area contributed by atoms with E-state index in [-0.39, 0.29) is 29.9 Å². The summed E-state index contributed by atoms with van der Waals surface area (Å²) in [4.78, 5) is 39.3. The molecule has 1 aromatic carbocycles. The van der Waals surface area contributed by atoms with Crippen LogP contribution in [-0.4, -0.2) is 96.3 Å². The number of methoxy groups -OCH3 is 1. The van der Waals surface area contributed by atoms with Crippen molar-refractivity contribution in [3.8, 4) is 0 Å². The first kappa shape index (κ1) is 33.4. The normalized spacial score (nSPS) is 20.1. The Labute approximate surface area is 264 Å². The van der Waals surface area contributed by atoms with Crippen molar-refractivity contribution in [2.45, 2.75) is 77.5 Å². The summed E-state index contributed by atoms with van der Waals surface area (Å²) in [6, 6.07) is 5.82. The van der Waals surface area contributed by atoms with Crippen molar-refractivity contribution in [2.24, 2.45) is 0 Å². The van der Waals surface area contributed by atoms with Gasteiger partial charge in [-0.1, -0.05) is 30.1 Å². The molecular weight excluding hydrogens is 591 g/mol. The highest BCUT2D eigenvalue weighted by molar-refractivity contribution is 6.42. The number of hydrogen-bond acceptors (Lipinski definition) is 8. The van der Waals surface area contributed by atoms with E-state index in [1.807, 2.05) is 31.7 Å². The van der Waals surface area contributed by atoms with Crippen LogP contribution in [0.2, 0.25) is 10.0 Å². The van der Waals surface area contributed by atoms with Crippen LogP contribution in [0.15, 0.2) is 18.2 Å². The topological polar surface area (TPSA) is 109 Å². The number of halogens is 2. The molecule has 0 radical (unpaired) electrons. The maximum atomic E-state index is 14.0. The number of rotatable bonds is 11. The lowest BCUT2D eigenvalue weighted by atomic mass is 9.99. The van der Waals surface area contributed by atoms with Crippen molar-refractivity contribution in [3.05, 3.63) is 45.3 Å². The molecule has 2 aliphatic heterocycles. The fourth-order valence-corrected chi connectivity index (χ4v) is 5.95. The van der Waals surface area contributed by atoms with E-state index in [9.17, 15) is 9.59 Å². The van der Waals surface area contributed by atoms with E-state index < -0.39 is 0 Å². The number of piperidine rings is 1. The zero-order valence-electron chi connectivity index (χ0n) is 25.8. The first-order valence-electron chi connectivity index (χ1n) is 15.1. The molecule has 0 bridgehead atoms. The summed E-state index contributed by atoms with van der Waals surface area (Å²) in [6.45, 7) is 11.2. The van der Waals surface area contributed by atoms with Gasteiger partial charge in [0.15, 0.2) is 0 Å². The van der Waals surface area contributed by atoms with Crippen molar-refractivity contribution >= 4 is 46.5 Å². The highest BCUT2D eigenvalue weighted by Crippen LogP contribution is 2.30. The largest absolute Gasteiger partial charge is 0.379 e. The van der Waals surface area contributed by atoms with E-state index in [1.165, 1.54) is 0 Å². The van der Waals surface area contributed by atoms with Gasteiger partial charge >= 0.3 is 0 Å². The fourth-order valence-electron chi connectivity index (χ4n) is 5.65. The van der Waals surface area contributed by atoms with Crippen LogP contribution in [0.4, 0.5) is 11.5 Å². The van der Waals surface area contributed by atoms with Crippen molar-refractivity contribution < 1.29 is 19.1 Å². The molecular formula is C31H44Cl2N6O4. The molecule has 2 amide bonds. The van der Waals surface area contributed by atoms with Gasteiger partial charge in [0.2, 0.25) is 5.91 Å². The molecule has 236 valence electrons. The molecule has 1 aromatic heterocycles. The van der Waals surface area contributed by atoms with Crippen LogP contribution in [0.25, 0.3) is 0 Å². The Morgan fingerprint density at radius 3 is 2.58 bits per heavy atom. The summed E-state index contributed by atoms with van der Waals surface area (Å²) in [7, 11) is 1.72. The lowest BCUT2D eigenvalue weighted by molar-refractivity contribution is -0.128. The number of benzene rings is 1. The number of nitrogens with zero attached hydrogens (tertiary/aromatic N) is 4. The molecule has 0 saturated carbocycles. The monoisotopic (exact) mass is 634 g/mol. The van der Waals surface area contributed by atoms with Gasteiger partial charge in [-0.05, 0) is 57.7 Å². The van der Waals surface area contributed by atoms with Crippen molar-refractivity contribution in [1.82, 2.24) is 25.1 Å². The fraction of sp³-hybridized carbons (Fsp3) is 0.613. The lowest BCUT2D eigenvalue weighted by Gasteiger charge is -2.38. The molecule has 10 nitrogen and oxygen atoms in total. The van der Waals surface area contributed by atoms with Gasteiger partial charge in [0.25, 0.3) is 5.91 Å². The Hall–Kier alpha value is -2.50. The molecule has 3 atom stereocenters. The summed E-state index contributed by atoms with van der Waals surface area (Å²) in [6.07, 6.45) is 3.31. The molecule has 0 spiro atoms. The maximum absolute atomic E-state index is 14.0. The second kappa shape index (κ2) is 15.5. The van der Waals surface area contributed by atoms with Crippen LogP contribution in [0, 0.1) is 6.92 Å². The number of ether oxygens (including phenoxy) is 2. The van der Waals surface area contributed by atoms with Gasteiger partial charge in [-0.15, -0.1) is 0 Å². The molecule has 4 rings (SSSR count). The van der Waals surface area contributed by atoms with Crippen molar-refractivity contribution in [1.29, 1.82) is 0 Å². The van der Waals surface area contributed by atoms with Gasteiger partial charge in [0, 0.05) is 76.1 Å². The standard InChI is InChI=1S/C31H44Cl2N6O4/c1-6-38(21(4)40)13-9-19(2)29-36-28(20(3)30(37-29)35-23-7-8-24(32)25(33)17-23)31(41)39-14-10-22(11-15-39)34-26-12-16-43-18-27(26)42-5/h7-8,17,19,22,26-27,34H,6,9-16,18H2,1-5H3,(H,35,36,37)/t19?,26-,27+/m0/s1. The second-order valence-corrected chi connectivity index (χ2v) is 12.2. The highest BCUT2D eigenvalue weighted by Gasteiger charge is 2.32. The summed E-state index contributed by atoms with van der Waals surface area (Å²) in [5.41, 5.74) is 1.75. The number of nitrogens with one attached hydrogen (secondary N) is 2. The first-order chi connectivity index (χ1) is 20.6. The average Bonchev–Trinajstić information content (AvgIpc) is 3.00. The molecule has 1 unspecified atom stereocenters. The number of anilines is 2. The summed E-state index contributed by atoms with van der Waals surface area (Å²) < 4.78 is 11.2. The van der Waals surface area contributed by atoms with E-state index in [1.54, 1.807) is 31.1 Å². The van der Waals surface area contributed by atoms with Crippen LogP contribution >= 0.6 is 23.2 Å². The van der Waals surface area contributed by atoms with Gasteiger partial charge in [0.05, 0.1) is 22.8 Å². The third-order valence-corrected chi connectivity index (χ3v) is 9.23. The number of carbonyl (C=O) groups excluding carboxylic acids is 2. The molecule has 3 heterocycles. The van der Waals surface area contributed by atoms with Gasteiger partial charge in [-0.25, -0.2) is 9.97 Å². The minimum atomic E-state index is -0.108. The van der Waals surface area contributed by atoms with Gasteiger partial charge in [0.1, 0.15) is 17.3 Å². The zero-order chi connectivity index (χ0) is 31.1. The SMILES string of the molecule is CCN(CCC(C)c1nc(Nc2ccc(Cl)c(Cl)c2)c(C)c(C(=O)N2CCC(N[C@H]3CCOC[C@H]3OC)CC2)n1)C(C)=O. The molecule has 2 saturated heterocycles. The Morgan fingerprint density at radius 2 is 1.93 bits per heavy atom. The zero-order valence-corrected chi connectivity index (χ0v) is 27.3. The third kappa shape index (κ3) is 8.57. The molecule has 2 aliphatic rings. The predicted molar refractivity (Wildman–Crippen MR) is 170 cm³/mol. The van der Waals surface area contributed by atoms with Gasteiger partial charge in [-0.3, -0.25) is 9.59 Å². The number of amides is 2. The second-order valence-electron chi connectivity index (χ2n) is 11.4. The number of aromatic nitrogens is 2. The Kier molecular flexibility index (Phi) is 12.0. The van der Waals surface area contributed by atoms with Gasteiger partial charge < -0.3 is 29.9 Å². The third-order valence-electron chi connectivity index (χ3n) is 8.49. The predicted octanol–water partition coefficient (Wildman–Crippen LogP) is 5.20. The molecule has 2 N–H and O–H groups in total. The van der Waals surface area contributed by atoms with E-state index in [4.69, 9.17) is 42.6 Å². The van der Waals surface area contributed by atoms with Crippen LogP contribution in [0.3, 0.4) is 0 Å². The van der Waals surface area contributed by atoms with Crippen molar-refractivity contribution in [3.63, 3.8) is 0 Å². The smallest absolute Gasteiger partial charge is 0.272 e.